The first kappa shape index (κ1) is 15.4. The van der Waals surface area contributed by atoms with Gasteiger partial charge in [-0.1, -0.05) is 18.2 Å². The smallest absolute Gasteiger partial charge is 0.224 e. The van der Waals surface area contributed by atoms with Gasteiger partial charge in [-0.2, -0.15) is 0 Å². The van der Waals surface area contributed by atoms with Gasteiger partial charge in [0, 0.05) is 19.3 Å². The maximum atomic E-state index is 13.5. The number of amides is 1. The lowest BCUT2D eigenvalue weighted by molar-refractivity contribution is -0.120. The van der Waals surface area contributed by atoms with Gasteiger partial charge in [-0.25, -0.2) is 14.4 Å². The van der Waals surface area contributed by atoms with Crippen molar-refractivity contribution < 1.29 is 9.18 Å². The number of hydrogen-bond donors (Lipinski definition) is 1. The molecule has 1 fully saturated rings. The number of carbonyl (C=O) groups excluding carboxylic acids is 1. The lowest BCUT2D eigenvalue weighted by Gasteiger charge is -2.16. The molecule has 2 aromatic rings. The van der Waals surface area contributed by atoms with Gasteiger partial charge in [-0.15, -0.1) is 0 Å². The largest absolute Gasteiger partial charge is 0.357 e. The van der Waals surface area contributed by atoms with Crippen molar-refractivity contribution in [2.24, 2.45) is 0 Å². The van der Waals surface area contributed by atoms with Gasteiger partial charge in [0.05, 0.1) is 13.0 Å². The zero-order valence-electron chi connectivity index (χ0n) is 12.8. The van der Waals surface area contributed by atoms with Crippen LogP contribution in [0.3, 0.4) is 0 Å². The Morgan fingerprint density at radius 3 is 2.78 bits per heavy atom. The Hall–Kier alpha value is -2.50. The maximum absolute atomic E-state index is 13.5. The fourth-order valence-corrected chi connectivity index (χ4v) is 2.65. The van der Waals surface area contributed by atoms with Gasteiger partial charge < -0.3 is 10.2 Å². The van der Waals surface area contributed by atoms with Crippen molar-refractivity contribution in [1.82, 2.24) is 15.3 Å². The lowest BCUT2D eigenvalue weighted by atomic mass is 10.1. The fraction of sp³-hybridized carbons (Fsp3) is 0.353. The molecule has 0 spiro atoms. The molecular formula is C17H19FN4O. The van der Waals surface area contributed by atoms with Crippen molar-refractivity contribution in [1.29, 1.82) is 0 Å². The molecular weight excluding hydrogens is 295 g/mol. The highest BCUT2D eigenvalue weighted by molar-refractivity contribution is 5.78. The van der Waals surface area contributed by atoms with Crippen LogP contribution in [0.25, 0.3) is 0 Å². The lowest BCUT2D eigenvalue weighted by Crippen LogP contribution is -2.26. The molecule has 1 aliphatic rings. The Morgan fingerprint density at radius 2 is 2.00 bits per heavy atom. The Balaban J connectivity index is 1.56. The average molecular weight is 314 g/mol. The van der Waals surface area contributed by atoms with Crippen LogP contribution >= 0.6 is 0 Å². The topological polar surface area (TPSA) is 58.1 Å². The van der Waals surface area contributed by atoms with Crippen LogP contribution < -0.4 is 10.2 Å². The summed E-state index contributed by atoms with van der Waals surface area (Å²) in [6, 6.07) is 8.17. The quantitative estimate of drug-likeness (QED) is 0.918. The van der Waals surface area contributed by atoms with Crippen LogP contribution in [0.15, 0.2) is 36.5 Å². The van der Waals surface area contributed by atoms with E-state index in [0.29, 0.717) is 11.4 Å². The summed E-state index contributed by atoms with van der Waals surface area (Å²) in [5, 5.41) is 2.74. The first-order valence-corrected chi connectivity index (χ1v) is 7.79. The molecule has 1 amide bonds. The van der Waals surface area contributed by atoms with Crippen LogP contribution in [-0.2, 0) is 17.8 Å². The SMILES string of the molecule is O=C(Cc1ccccc1F)NCc1nccc(N2CCCC2)n1. The highest BCUT2D eigenvalue weighted by Gasteiger charge is 2.14. The van der Waals surface area contributed by atoms with E-state index in [-0.39, 0.29) is 24.7 Å². The average Bonchev–Trinajstić information content (AvgIpc) is 3.10. The van der Waals surface area contributed by atoms with Crippen LogP contribution in [0.4, 0.5) is 10.2 Å². The van der Waals surface area contributed by atoms with Gasteiger partial charge in [-0.3, -0.25) is 4.79 Å². The molecule has 2 heterocycles. The van der Waals surface area contributed by atoms with E-state index in [4.69, 9.17) is 0 Å². The standard InChI is InChI=1S/C17H19FN4O/c18-14-6-2-1-5-13(14)11-17(23)20-12-15-19-8-7-16(21-15)22-9-3-4-10-22/h1-2,5-8H,3-4,9-12H2,(H,20,23). The Labute approximate surface area is 134 Å². The number of nitrogens with zero attached hydrogens (tertiary/aromatic N) is 3. The second-order valence-corrected chi connectivity index (χ2v) is 5.57. The monoisotopic (exact) mass is 314 g/mol. The predicted molar refractivity (Wildman–Crippen MR) is 85.4 cm³/mol. The van der Waals surface area contributed by atoms with Crippen LogP contribution in [0.1, 0.15) is 24.2 Å². The van der Waals surface area contributed by atoms with E-state index in [2.05, 4.69) is 20.2 Å². The van der Waals surface area contributed by atoms with Crippen molar-refractivity contribution in [2.75, 3.05) is 18.0 Å². The minimum Gasteiger partial charge on any atom is -0.357 e. The van der Waals surface area contributed by atoms with E-state index >= 15 is 0 Å². The molecule has 5 nitrogen and oxygen atoms in total. The highest BCUT2D eigenvalue weighted by Crippen LogP contribution is 2.16. The summed E-state index contributed by atoms with van der Waals surface area (Å²) in [5.74, 6) is 0.854. The third-order valence-electron chi connectivity index (χ3n) is 3.87. The summed E-state index contributed by atoms with van der Waals surface area (Å²) in [6.07, 6.45) is 4.08. The molecule has 1 saturated heterocycles. The minimum atomic E-state index is -0.366. The molecule has 6 heteroatoms. The summed E-state index contributed by atoms with van der Waals surface area (Å²) in [7, 11) is 0. The van der Waals surface area contributed by atoms with Gasteiger partial charge in [-0.05, 0) is 30.5 Å². The third kappa shape index (κ3) is 4.03. The summed E-state index contributed by atoms with van der Waals surface area (Å²) >= 11 is 0. The number of aromatic nitrogens is 2. The molecule has 0 unspecified atom stereocenters. The molecule has 3 rings (SSSR count). The number of anilines is 1. The van der Waals surface area contributed by atoms with Crippen LogP contribution in [0.2, 0.25) is 0 Å². The summed E-state index contributed by atoms with van der Waals surface area (Å²) in [6.45, 7) is 2.27. The molecule has 0 saturated carbocycles. The first-order chi connectivity index (χ1) is 11.2. The van der Waals surface area contributed by atoms with Crippen molar-refractivity contribution in [3.05, 3.63) is 53.7 Å². The van der Waals surface area contributed by atoms with Crippen molar-refractivity contribution in [2.45, 2.75) is 25.8 Å². The molecule has 1 N–H and O–H groups in total. The van der Waals surface area contributed by atoms with Crippen LogP contribution in [-0.4, -0.2) is 29.0 Å². The summed E-state index contributed by atoms with van der Waals surface area (Å²) in [4.78, 5) is 22.8. The van der Waals surface area contributed by atoms with E-state index < -0.39 is 0 Å². The van der Waals surface area contributed by atoms with Crippen molar-refractivity contribution >= 4 is 11.7 Å². The molecule has 0 atom stereocenters. The molecule has 0 aliphatic carbocycles. The molecule has 1 aromatic heterocycles. The zero-order valence-corrected chi connectivity index (χ0v) is 12.8. The number of hydrogen-bond acceptors (Lipinski definition) is 4. The molecule has 0 radical (unpaired) electrons. The van der Waals surface area contributed by atoms with Crippen molar-refractivity contribution in [3.63, 3.8) is 0 Å². The number of halogens is 1. The van der Waals surface area contributed by atoms with E-state index in [1.165, 1.54) is 18.9 Å². The second kappa shape index (κ2) is 7.17. The second-order valence-electron chi connectivity index (χ2n) is 5.57. The molecule has 120 valence electrons. The Morgan fingerprint density at radius 1 is 1.22 bits per heavy atom. The van der Waals surface area contributed by atoms with Crippen LogP contribution in [0.5, 0.6) is 0 Å². The number of carbonyl (C=O) groups is 1. The van der Waals surface area contributed by atoms with Gasteiger partial charge in [0.2, 0.25) is 5.91 Å². The van der Waals surface area contributed by atoms with Gasteiger partial charge in [0.15, 0.2) is 0 Å². The van der Waals surface area contributed by atoms with E-state index in [1.807, 2.05) is 6.07 Å². The summed E-state index contributed by atoms with van der Waals surface area (Å²) < 4.78 is 13.5. The van der Waals surface area contributed by atoms with E-state index in [9.17, 15) is 9.18 Å². The molecule has 23 heavy (non-hydrogen) atoms. The highest BCUT2D eigenvalue weighted by atomic mass is 19.1. The minimum absolute atomic E-state index is 0.0124. The molecule has 1 aliphatic heterocycles. The predicted octanol–water partition coefficient (Wildman–Crippen LogP) is 2.07. The molecule has 1 aromatic carbocycles. The van der Waals surface area contributed by atoms with Crippen molar-refractivity contribution in [3.8, 4) is 0 Å². The normalized spacial score (nSPS) is 14.0. The number of nitrogens with one attached hydrogen (secondary N) is 1. The maximum Gasteiger partial charge on any atom is 0.224 e. The van der Waals surface area contributed by atoms with Gasteiger partial charge >= 0.3 is 0 Å². The third-order valence-corrected chi connectivity index (χ3v) is 3.87. The number of benzene rings is 1. The fourth-order valence-electron chi connectivity index (χ4n) is 2.65. The zero-order chi connectivity index (χ0) is 16.1. The Bertz CT molecular complexity index is 686. The number of rotatable bonds is 5. The first-order valence-electron chi connectivity index (χ1n) is 7.79. The van der Waals surface area contributed by atoms with Gasteiger partial charge in [0.25, 0.3) is 0 Å². The van der Waals surface area contributed by atoms with Crippen LogP contribution in [0, 0.1) is 5.82 Å². The summed E-state index contributed by atoms with van der Waals surface area (Å²) in [5.41, 5.74) is 0.386. The van der Waals surface area contributed by atoms with E-state index in [0.717, 1.165) is 18.9 Å². The van der Waals surface area contributed by atoms with Gasteiger partial charge in [0.1, 0.15) is 17.5 Å². The van der Waals surface area contributed by atoms with E-state index in [1.54, 1.807) is 24.4 Å². The molecule has 0 bridgehead atoms. The Kier molecular flexibility index (Phi) is 4.80.